The first-order valence-electron chi connectivity index (χ1n) is 12.3. The second kappa shape index (κ2) is 12.7. The maximum atomic E-state index is 13.1. The van der Waals surface area contributed by atoms with Crippen LogP contribution < -0.4 is 27.0 Å². The molecule has 4 amide bonds. The van der Waals surface area contributed by atoms with Crippen molar-refractivity contribution >= 4 is 23.5 Å². The van der Waals surface area contributed by atoms with Gasteiger partial charge in [0.05, 0.1) is 11.2 Å². The highest BCUT2D eigenvalue weighted by molar-refractivity contribution is 5.94. The SMILES string of the molecule is CNC(=O)Nc1ccccc1-c1ccc(CNC(=O)[C@@H](CCc2ccccc2)NC(=O)C(C)(C)N)cc1. The van der Waals surface area contributed by atoms with Crippen LogP contribution in [0.2, 0.25) is 0 Å². The number of para-hydroxylation sites is 1. The van der Waals surface area contributed by atoms with E-state index in [9.17, 15) is 14.4 Å². The predicted molar refractivity (Wildman–Crippen MR) is 147 cm³/mol. The van der Waals surface area contributed by atoms with Gasteiger partial charge in [-0.25, -0.2) is 4.79 Å². The van der Waals surface area contributed by atoms with Crippen molar-refractivity contribution in [3.8, 4) is 11.1 Å². The summed E-state index contributed by atoms with van der Waals surface area (Å²) in [6.07, 6.45) is 1.09. The molecular weight excluding hydrogens is 466 g/mol. The molecule has 0 aliphatic carbocycles. The first-order chi connectivity index (χ1) is 17.7. The Hall–Kier alpha value is -4.17. The van der Waals surface area contributed by atoms with E-state index in [1.807, 2.05) is 78.9 Å². The molecule has 6 N–H and O–H groups in total. The lowest BCUT2D eigenvalue weighted by molar-refractivity contribution is -0.131. The van der Waals surface area contributed by atoms with Crippen LogP contribution in [0.5, 0.6) is 0 Å². The van der Waals surface area contributed by atoms with Crippen molar-refractivity contribution in [3.05, 3.63) is 90.0 Å². The molecule has 8 heteroatoms. The third-order valence-electron chi connectivity index (χ3n) is 5.91. The van der Waals surface area contributed by atoms with Crippen LogP contribution in [0.25, 0.3) is 11.1 Å². The van der Waals surface area contributed by atoms with Gasteiger partial charge in [0.2, 0.25) is 11.8 Å². The average Bonchev–Trinajstić information content (AvgIpc) is 2.90. The van der Waals surface area contributed by atoms with Gasteiger partial charge in [0.25, 0.3) is 0 Å². The van der Waals surface area contributed by atoms with E-state index in [1.165, 1.54) is 0 Å². The molecule has 194 valence electrons. The smallest absolute Gasteiger partial charge is 0.318 e. The molecule has 0 radical (unpaired) electrons. The first kappa shape index (κ1) is 27.4. The molecule has 0 spiro atoms. The van der Waals surface area contributed by atoms with Crippen LogP contribution in [0.15, 0.2) is 78.9 Å². The molecule has 0 heterocycles. The van der Waals surface area contributed by atoms with Crippen LogP contribution in [0.4, 0.5) is 10.5 Å². The molecule has 0 saturated carbocycles. The third kappa shape index (κ3) is 8.18. The summed E-state index contributed by atoms with van der Waals surface area (Å²) in [7, 11) is 1.57. The Balaban J connectivity index is 1.66. The maximum absolute atomic E-state index is 13.1. The van der Waals surface area contributed by atoms with Gasteiger partial charge in [-0.1, -0.05) is 72.8 Å². The molecular formula is C29H35N5O3. The highest BCUT2D eigenvalue weighted by Crippen LogP contribution is 2.28. The Morgan fingerprint density at radius 1 is 0.865 bits per heavy atom. The summed E-state index contributed by atoms with van der Waals surface area (Å²) in [4.78, 5) is 37.3. The van der Waals surface area contributed by atoms with E-state index >= 15 is 0 Å². The average molecular weight is 502 g/mol. The van der Waals surface area contributed by atoms with Gasteiger partial charge in [0.1, 0.15) is 6.04 Å². The molecule has 0 aromatic heterocycles. The van der Waals surface area contributed by atoms with Crippen molar-refractivity contribution in [2.75, 3.05) is 12.4 Å². The molecule has 8 nitrogen and oxygen atoms in total. The van der Waals surface area contributed by atoms with Crippen molar-refractivity contribution in [2.24, 2.45) is 5.73 Å². The molecule has 0 unspecified atom stereocenters. The molecule has 3 aromatic carbocycles. The number of hydrogen-bond acceptors (Lipinski definition) is 4. The van der Waals surface area contributed by atoms with Gasteiger partial charge < -0.3 is 27.0 Å². The Labute approximate surface area is 218 Å². The Kier molecular flexibility index (Phi) is 9.40. The number of nitrogens with one attached hydrogen (secondary N) is 4. The minimum Gasteiger partial charge on any atom is -0.350 e. The predicted octanol–water partition coefficient (Wildman–Crippen LogP) is 3.58. The fourth-order valence-corrected chi connectivity index (χ4v) is 3.71. The van der Waals surface area contributed by atoms with Crippen molar-refractivity contribution in [1.29, 1.82) is 0 Å². The van der Waals surface area contributed by atoms with Crippen LogP contribution in [0.3, 0.4) is 0 Å². The standard InChI is InChI=1S/C29H35N5O3/c1-29(2,30)27(36)33-25(18-15-20-9-5-4-6-10-20)26(35)32-19-21-13-16-22(17-14-21)23-11-7-8-12-24(23)34-28(37)31-3/h4-14,16-17,25H,15,18-19,30H2,1-3H3,(H,32,35)(H,33,36)(H2,31,34,37)/t25-/m1/s1. The van der Waals surface area contributed by atoms with E-state index < -0.39 is 11.6 Å². The van der Waals surface area contributed by atoms with Crippen molar-refractivity contribution < 1.29 is 14.4 Å². The summed E-state index contributed by atoms with van der Waals surface area (Å²) < 4.78 is 0. The lowest BCUT2D eigenvalue weighted by Crippen LogP contribution is -2.55. The minimum atomic E-state index is -1.09. The van der Waals surface area contributed by atoms with Gasteiger partial charge in [0.15, 0.2) is 0 Å². The summed E-state index contributed by atoms with van der Waals surface area (Å²) in [6.45, 7) is 3.53. The molecule has 0 saturated heterocycles. The van der Waals surface area contributed by atoms with Crippen LogP contribution in [0.1, 0.15) is 31.4 Å². The zero-order chi connectivity index (χ0) is 26.8. The number of nitrogens with two attached hydrogens (primary N) is 1. The Bertz CT molecular complexity index is 1200. The lowest BCUT2D eigenvalue weighted by atomic mass is 10.0. The van der Waals surface area contributed by atoms with Gasteiger partial charge in [-0.3, -0.25) is 9.59 Å². The second-order valence-corrected chi connectivity index (χ2v) is 9.44. The first-order valence-corrected chi connectivity index (χ1v) is 12.3. The van der Waals surface area contributed by atoms with E-state index in [1.54, 1.807) is 20.9 Å². The van der Waals surface area contributed by atoms with Crippen LogP contribution >= 0.6 is 0 Å². The van der Waals surface area contributed by atoms with Crippen molar-refractivity contribution in [2.45, 2.75) is 44.8 Å². The number of carbonyl (C=O) groups is 3. The monoisotopic (exact) mass is 501 g/mol. The summed E-state index contributed by atoms with van der Waals surface area (Å²) in [6, 6.07) is 24.1. The molecule has 0 aliphatic rings. The molecule has 0 bridgehead atoms. The topological polar surface area (TPSA) is 125 Å². The molecule has 3 aromatic rings. The van der Waals surface area contributed by atoms with Crippen molar-refractivity contribution in [3.63, 3.8) is 0 Å². The second-order valence-electron chi connectivity index (χ2n) is 9.44. The molecule has 0 fully saturated rings. The number of carbonyl (C=O) groups excluding carboxylic acids is 3. The van der Waals surface area contributed by atoms with Gasteiger partial charge >= 0.3 is 6.03 Å². The van der Waals surface area contributed by atoms with Gasteiger partial charge in [-0.05, 0) is 49.4 Å². The van der Waals surface area contributed by atoms with Crippen LogP contribution in [-0.2, 0) is 22.6 Å². The summed E-state index contributed by atoms with van der Waals surface area (Å²) in [5, 5.41) is 11.1. The quantitative estimate of drug-likeness (QED) is 0.291. The number of hydrogen-bond donors (Lipinski definition) is 5. The van der Waals surface area contributed by atoms with Gasteiger partial charge in [-0.15, -0.1) is 0 Å². The molecule has 37 heavy (non-hydrogen) atoms. The van der Waals surface area contributed by atoms with E-state index in [0.717, 1.165) is 22.3 Å². The van der Waals surface area contributed by atoms with Gasteiger partial charge in [-0.2, -0.15) is 0 Å². The number of benzene rings is 3. The summed E-state index contributed by atoms with van der Waals surface area (Å²) >= 11 is 0. The number of amides is 4. The summed E-state index contributed by atoms with van der Waals surface area (Å²) in [5.74, 6) is -0.646. The summed E-state index contributed by atoms with van der Waals surface area (Å²) in [5.41, 5.74) is 9.35. The number of urea groups is 1. The normalized spacial score (nSPS) is 11.8. The lowest BCUT2D eigenvalue weighted by Gasteiger charge is -2.24. The Morgan fingerprint density at radius 2 is 1.51 bits per heavy atom. The molecule has 0 aliphatic heterocycles. The highest BCUT2D eigenvalue weighted by atomic mass is 16.2. The number of aryl methyl sites for hydroxylation is 1. The van der Waals surface area contributed by atoms with E-state index in [4.69, 9.17) is 5.73 Å². The fraction of sp³-hybridized carbons (Fsp3) is 0.276. The Morgan fingerprint density at radius 3 is 2.16 bits per heavy atom. The number of anilines is 1. The van der Waals surface area contributed by atoms with E-state index in [2.05, 4.69) is 21.3 Å². The van der Waals surface area contributed by atoms with Crippen LogP contribution in [-0.4, -0.2) is 36.5 Å². The zero-order valence-corrected chi connectivity index (χ0v) is 21.5. The van der Waals surface area contributed by atoms with Crippen molar-refractivity contribution in [1.82, 2.24) is 16.0 Å². The van der Waals surface area contributed by atoms with Crippen LogP contribution in [0, 0.1) is 0 Å². The van der Waals surface area contributed by atoms with E-state index in [-0.39, 0.29) is 17.8 Å². The largest absolute Gasteiger partial charge is 0.350 e. The fourth-order valence-electron chi connectivity index (χ4n) is 3.71. The van der Waals surface area contributed by atoms with E-state index in [0.29, 0.717) is 25.1 Å². The minimum absolute atomic E-state index is 0.266. The third-order valence-corrected chi connectivity index (χ3v) is 5.91. The zero-order valence-electron chi connectivity index (χ0n) is 21.5. The van der Waals surface area contributed by atoms with Gasteiger partial charge in [0, 0.05) is 19.2 Å². The molecule has 1 atom stereocenters. The highest BCUT2D eigenvalue weighted by Gasteiger charge is 2.27. The molecule has 3 rings (SSSR count). The maximum Gasteiger partial charge on any atom is 0.318 e. The number of rotatable bonds is 10.